The Morgan fingerprint density at radius 2 is 2.18 bits per heavy atom. The zero-order valence-electron chi connectivity index (χ0n) is 15.8. The largest absolute Gasteiger partial charge is 0.451 e. The summed E-state index contributed by atoms with van der Waals surface area (Å²) in [5.74, 6) is 0.280. The van der Waals surface area contributed by atoms with Gasteiger partial charge < -0.3 is 14.3 Å². The van der Waals surface area contributed by atoms with Gasteiger partial charge in [0.1, 0.15) is 11.6 Å². The van der Waals surface area contributed by atoms with Crippen LogP contribution in [0.3, 0.4) is 0 Å². The molecule has 1 atom stereocenters. The molecule has 4 heterocycles. The maximum Gasteiger partial charge on any atom is 0.290 e. The second kappa shape index (κ2) is 6.34. The van der Waals surface area contributed by atoms with Crippen molar-refractivity contribution in [3.63, 3.8) is 0 Å². The molecule has 6 heteroatoms. The van der Waals surface area contributed by atoms with E-state index in [1.807, 2.05) is 43.0 Å². The van der Waals surface area contributed by atoms with Crippen molar-refractivity contribution in [3.05, 3.63) is 82.9 Å². The van der Waals surface area contributed by atoms with E-state index in [0.29, 0.717) is 12.3 Å². The molecule has 1 aliphatic heterocycles. The standard InChI is InChI=1S/C22H20N4O2/c1-13-5-6-18-16(10-13)14(2)21(28-18)22(27)26-9-7-17-19(25-12-24-17)20(26)15-4-3-8-23-11-15/h3-6,8,10-12,20H,7,9H2,1-2H3,(H,24,25)/t20-/m1/s1. The van der Waals surface area contributed by atoms with Gasteiger partial charge in [-0.3, -0.25) is 9.78 Å². The van der Waals surface area contributed by atoms with E-state index >= 15 is 0 Å². The molecule has 0 fully saturated rings. The van der Waals surface area contributed by atoms with Crippen LogP contribution in [0.1, 0.15) is 44.7 Å². The van der Waals surface area contributed by atoms with E-state index in [9.17, 15) is 4.79 Å². The number of hydrogen-bond donors (Lipinski definition) is 1. The molecule has 0 unspecified atom stereocenters. The fourth-order valence-electron chi connectivity index (χ4n) is 4.04. The lowest BCUT2D eigenvalue weighted by atomic mass is 9.96. The summed E-state index contributed by atoms with van der Waals surface area (Å²) in [6.07, 6.45) is 5.95. The first-order valence-corrected chi connectivity index (χ1v) is 9.36. The highest BCUT2D eigenvalue weighted by Gasteiger charge is 2.36. The van der Waals surface area contributed by atoms with E-state index in [4.69, 9.17) is 4.42 Å². The number of H-pyrrole nitrogens is 1. The average Bonchev–Trinajstić information content (AvgIpc) is 3.32. The molecule has 1 amide bonds. The van der Waals surface area contributed by atoms with E-state index in [0.717, 1.165) is 45.5 Å². The van der Waals surface area contributed by atoms with Gasteiger partial charge in [0.2, 0.25) is 0 Å². The highest BCUT2D eigenvalue weighted by molar-refractivity contribution is 5.99. The number of aromatic amines is 1. The first-order valence-electron chi connectivity index (χ1n) is 9.36. The van der Waals surface area contributed by atoms with Crippen molar-refractivity contribution in [2.24, 2.45) is 0 Å². The topological polar surface area (TPSA) is 75.0 Å². The summed E-state index contributed by atoms with van der Waals surface area (Å²) in [5.41, 5.74) is 5.63. The third-order valence-corrected chi connectivity index (χ3v) is 5.47. The van der Waals surface area contributed by atoms with Crippen molar-refractivity contribution in [1.29, 1.82) is 0 Å². The minimum Gasteiger partial charge on any atom is -0.451 e. The van der Waals surface area contributed by atoms with Crippen molar-refractivity contribution in [1.82, 2.24) is 19.9 Å². The van der Waals surface area contributed by atoms with Gasteiger partial charge >= 0.3 is 0 Å². The van der Waals surface area contributed by atoms with Crippen LogP contribution >= 0.6 is 0 Å². The zero-order chi connectivity index (χ0) is 19.3. The van der Waals surface area contributed by atoms with Gasteiger partial charge in [0.15, 0.2) is 5.76 Å². The van der Waals surface area contributed by atoms with Crippen LogP contribution in [0.15, 0.2) is 53.5 Å². The third-order valence-electron chi connectivity index (χ3n) is 5.47. The maximum absolute atomic E-state index is 13.6. The Labute approximate surface area is 162 Å². The van der Waals surface area contributed by atoms with Crippen LogP contribution in [0.4, 0.5) is 0 Å². The number of imidazole rings is 1. The summed E-state index contributed by atoms with van der Waals surface area (Å²) >= 11 is 0. The molecule has 4 aromatic rings. The Morgan fingerprint density at radius 1 is 1.29 bits per heavy atom. The number of carbonyl (C=O) groups is 1. The molecule has 0 bridgehead atoms. The van der Waals surface area contributed by atoms with Gasteiger partial charge in [0.05, 0.1) is 12.0 Å². The van der Waals surface area contributed by atoms with Gasteiger partial charge in [0.25, 0.3) is 5.91 Å². The van der Waals surface area contributed by atoms with E-state index in [-0.39, 0.29) is 11.9 Å². The van der Waals surface area contributed by atoms with Gasteiger partial charge in [0, 0.05) is 42.0 Å². The number of nitrogens with one attached hydrogen (secondary N) is 1. The van der Waals surface area contributed by atoms with Crippen LogP contribution in [0.25, 0.3) is 11.0 Å². The molecule has 28 heavy (non-hydrogen) atoms. The van der Waals surface area contributed by atoms with Crippen LogP contribution < -0.4 is 0 Å². The molecule has 0 spiro atoms. The average molecular weight is 372 g/mol. The highest BCUT2D eigenvalue weighted by atomic mass is 16.3. The van der Waals surface area contributed by atoms with E-state index in [2.05, 4.69) is 21.0 Å². The molecule has 0 saturated heterocycles. The van der Waals surface area contributed by atoms with E-state index in [1.165, 1.54) is 0 Å². The third kappa shape index (κ3) is 2.52. The van der Waals surface area contributed by atoms with Gasteiger partial charge in [-0.15, -0.1) is 0 Å². The number of carbonyl (C=O) groups excluding carboxylic acids is 1. The Bertz CT molecular complexity index is 1180. The number of aromatic nitrogens is 3. The summed E-state index contributed by atoms with van der Waals surface area (Å²) < 4.78 is 5.99. The van der Waals surface area contributed by atoms with Crippen LogP contribution in [-0.2, 0) is 6.42 Å². The number of pyridine rings is 1. The molecule has 0 radical (unpaired) electrons. The molecule has 1 aliphatic rings. The lowest BCUT2D eigenvalue weighted by molar-refractivity contribution is 0.0659. The van der Waals surface area contributed by atoms with Crippen molar-refractivity contribution in [3.8, 4) is 0 Å². The lowest BCUT2D eigenvalue weighted by Gasteiger charge is -2.34. The molecule has 140 valence electrons. The summed E-state index contributed by atoms with van der Waals surface area (Å²) in [6, 6.07) is 9.56. The van der Waals surface area contributed by atoms with Crippen LogP contribution in [0.2, 0.25) is 0 Å². The predicted molar refractivity (Wildman–Crippen MR) is 105 cm³/mol. The van der Waals surface area contributed by atoms with Gasteiger partial charge in [-0.2, -0.15) is 0 Å². The quantitative estimate of drug-likeness (QED) is 0.578. The monoisotopic (exact) mass is 372 g/mol. The van der Waals surface area contributed by atoms with Gasteiger partial charge in [-0.25, -0.2) is 4.98 Å². The van der Waals surface area contributed by atoms with Crippen LogP contribution in [-0.4, -0.2) is 32.3 Å². The molecule has 0 aliphatic carbocycles. The molecule has 6 nitrogen and oxygen atoms in total. The molecule has 3 aromatic heterocycles. The van der Waals surface area contributed by atoms with E-state index < -0.39 is 0 Å². The van der Waals surface area contributed by atoms with E-state index in [1.54, 1.807) is 18.7 Å². The minimum absolute atomic E-state index is 0.117. The number of furan rings is 1. The molecule has 0 saturated carbocycles. The van der Waals surface area contributed by atoms with Crippen molar-refractivity contribution < 1.29 is 9.21 Å². The summed E-state index contributed by atoms with van der Waals surface area (Å²) in [5, 5.41) is 0.985. The first kappa shape index (κ1) is 16.7. The summed E-state index contributed by atoms with van der Waals surface area (Å²) in [6.45, 7) is 4.57. The number of hydrogen-bond acceptors (Lipinski definition) is 4. The Kier molecular flexibility index (Phi) is 3.79. The highest BCUT2D eigenvalue weighted by Crippen LogP contribution is 2.36. The molecule has 1 aromatic carbocycles. The number of nitrogens with zero attached hydrogens (tertiary/aromatic N) is 3. The predicted octanol–water partition coefficient (Wildman–Crippen LogP) is 3.96. The maximum atomic E-state index is 13.6. The smallest absolute Gasteiger partial charge is 0.290 e. The fraction of sp³-hybridized carbons (Fsp3) is 0.227. The normalized spacial score (nSPS) is 16.4. The lowest BCUT2D eigenvalue weighted by Crippen LogP contribution is -2.40. The van der Waals surface area contributed by atoms with Crippen molar-refractivity contribution in [2.75, 3.05) is 6.54 Å². The molecule has 5 rings (SSSR count). The zero-order valence-corrected chi connectivity index (χ0v) is 15.8. The van der Waals surface area contributed by atoms with Crippen molar-refractivity contribution >= 4 is 16.9 Å². The Morgan fingerprint density at radius 3 is 3.00 bits per heavy atom. The second-order valence-corrected chi connectivity index (χ2v) is 7.26. The van der Waals surface area contributed by atoms with Gasteiger partial charge in [-0.05, 0) is 37.6 Å². The number of benzene rings is 1. The minimum atomic E-state index is -0.287. The fourth-order valence-corrected chi connectivity index (χ4v) is 4.04. The van der Waals surface area contributed by atoms with Crippen LogP contribution in [0, 0.1) is 13.8 Å². The number of rotatable bonds is 2. The summed E-state index contributed by atoms with van der Waals surface area (Å²) in [7, 11) is 0. The summed E-state index contributed by atoms with van der Waals surface area (Å²) in [4.78, 5) is 27.4. The number of aryl methyl sites for hydroxylation is 2. The molecule has 1 N–H and O–H groups in total. The number of amides is 1. The SMILES string of the molecule is Cc1ccc2oc(C(=O)N3CCc4[nH]cnc4[C@H]3c3cccnc3)c(C)c2c1. The molecular formula is C22H20N4O2. The first-order chi connectivity index (χ1) is 13.6. The number of fused-ring (bicyclic) bond motifs is 2. The Hall–Kier alpha value is -3.41. The van der Waals surface area contributed by atoms with Crippen molar-refractivity contribution in [2.45, 2.75) is 26.3 Å². The second-order valence-electron chi connectivity index (χ2n) is 7.26. The van der Waals surface area contributed by atoms with Crippen LogP contribution in [0.5, 0.6) is 0 Å². The van der Waals surface area contributed by atoms with Gasteiger partial charge in [-0.1, -0.05) is 17.7 Å². The molecular weight excluding hydrogens is 352 g/mol. The Balaban J connectivity index is 1.61.